The van der Waals surface area contributed by atoms with Gasteiger partial charge in [0.05, 0.1) is 18.8 Å². The number of nitrogens with one attached hydrogen (secondary N) is 1. The van der Waals surface area contributed by atoms with Crippen LogP contribution in [0.4, 0.5) is 13.2 Å². The van der Waals surface area contributed by atoms with E-state index in [2.05, 4.69) is 0 Å². The molecule has 0 bridgehead atoms. The van der Waals surface area contributed by atoms with Crippen molar-refractivity contribution in [2.45, 2.75) is 25.3 Å². The van der Waals surface area contributed by atoms with Crippen LogP contribution >= 0.6 is 11.3 Å². The predicted octanol–water partition coefficient (Wildman–Crippen LogP) is 2.19. The van der Waals surface area contributed by atoms with Crippen LogP contribution in [0.15, 0.2) is 16.8 Å². The maximum absolute atomic E-state index is 12.1. The molecular weight excluding hydrogens is 305 g/mol. The molecule has 2 rings (SSSR count). The van der Waals surface area contributed by atoms with Crippen LogP contribution in [0.5, 0.6) is 0 Å². The predicted molar refractivity (Wildman–Crippen MR) is 73.1 cm³/mol. The molecule has 2 atom stereocenters. The first-order chi connectivity index (χ1) is 9.83. The van der Waals surface area contributed by atoms with Gasteiger partial charge in [0, 0.05) is 13.1 Å². The lowest BCUT2D eigenvalue weighted by Crippen LogP contribution is -2.48. The van der Waals surface area contributed by atoms with Crippen molar-refractivity contribution in [1.82, 2.24) is 10.2 Å². The van der Waals surface area contributed by atoms with Gasteiger partial charge < -0.3 is 10.1 Å². The van der Waals surface area contributed by atoms with E-state index >= 15 is 0 Å². The Morgan fingerprint density at radius 2 is 2.29 bits per heavy atom. The van der Waals surface area contributed by atoms with Gasteiger partial charge in [-0.1, -0.05) is 0 Å². The van der Waals surface area contributed by atoms with E-state index in [0.717, 1.165) is 5.56 Å². The monoisotopic (exact) mass is 322 g/mol. The van der Waals surface area contributed by atoms with Crippen molar-refractivity contribution >= 4 is 17.2 Å². The highest BCUT2D eigenvalue weighted by atomic mass is 32.1. The summed E-state index contributed by atoms with van der Waals surface area (Å²) in [7, 11) is 0. The van der Waals surface area contributed by atoms with Crippen LogP contribution < -0.4 is 5.32 Å². The SMILES string of the molecule is CC1CN(CC(=O)NCC(F)(F)F)CC(c2ccsc2)O1. The van der Waals surface area contributed by atoms with Gasteiger partial charge in [-0.05, 0) is 29.3 Å². The van der Waals surface area contributed by atoms with Crippen LogP contribution in [0.2, 0.25) is 0 Å². The molecule has 8 heteroatoms. The lowest BCUT2D eigenvalue weighted by atomic mass is 10.1. The van der Waals surface area contributed by atoms with Crippen LogP contribution in [0.25, 0.3) is 0 Å². The zero-order chi connectivity index (χ0) is 15.5. The van der Waals surface area contributed by atoms with Crippen LogP contribution in [0.1, 0.15) is 18.6 Å². The Morgan fingerprint density at radius 3 is 2.90 bits per heavy atom. The lowest BCUT2D eigenvalue weighted by Gasteiger charge is -2.36. The molecule has 0 radical (unpaired) electrons. The van der Waals surface area contributed by atoms with Gasteiger partial charge in [0.1, 0.15) is 6.54 Å². The van der Waals surface area contributed by atoms with E-state index < -0.39 is 18.6 Å². The number of rotatable bonds is 4. The number of carbonyl (C=O) groups is 1. The first kappa shape index (κ1) is 16.3. The van der Waals surface area contributed by atoms with Crippen molar-refractivity contribution in [2.75, 3.05) is 26.2 Å². The smallest absolute Gasteiger partial charge is 0.368 e. The zero-order valence-electron chi connectivity index (χ0n) is 11.5. The first-order valence-corrected chi connectivity index (χ1v) is 7.51. The Balaban J connectivity index is 1.86. The van der Waals surface area contributed by atoms with E-state index in [-0.39, 0.29) is 18.8 Å². The molecule has 2 unspecified atom stereocenters. The Bertz CT molecular complexity index is 464. The molecule has 1 amide bonds. The largest absolute Gasteiger partial charge is 0.405 e. The van der Waals surface area contributed by atoms with Gasteiger partial charge in [0.2, 0.25) is 5.91 Å². The average Bonchev–Trinajstić information content (AvgIpc) is 2.88. The summed E-state index contributed by atoms with van der Waals surface area (Å²) in [5.41, 5.74) is 1.03. The summed E-state index contributed by atoms with van der Waals surface area (Å²) in [6.07, 6.45) is -4.60. The number of amides is 1. The van der Waals surface area contributed by atoms with Crippen LogP contribution in [-0.2, 0) is 9.53 Å². The van der Waals surface area contributed by atoms with Crippen LogP contribution in [-0.4, -0.2) is 49.3 Å². The van der Waals surface area contributed by atoms with E-state index in [0.29, 0.717) is 13.1 Å². The quantitative estimate of drug-likeness (QED) is 0.924. The molecule has 118 valence electrons. The summed E-state index contributed by atoms with van der Waals surface area (Å²) in [5.74, 6) is -0.620. The highest BCUT2D eigenvalue weighted by molar-refractivity contribution is 7.07. The molecule has 0 aliphatic carbocycles. The van der Waals surface area contributed by atoms with Crippen molar-refractivity contribution in [3.63, 3.8) is 0 Å². The van der Waals surface area contributed by atoms with E-state index in [1.54, 1.807) is 11.3 Å². The summed E-state index contributed by atoms with van der Waals surface area (Å²) in [4.78, 5) is 13.4. The van der Waals surface area contributed by atoms with Gasteiger partial charge >= 0.3 is 6.18 Å². The molecule has 21 heavy (non-hydrogen) atoms. The van der Waals surface area contributed by atoms with E-state index in [4.69, 9.17) is 4.74 Å². The first-order valence-electron chi connectivity index (χ1n) is 6.57. The molecule has 0 aromatic carbocycles. The lowest BCUT2D eigenvalue weighted by molar-refractivity contribution is -0.141. The third-order valence-electron chi connectivity index (χ3n) is 3.10. The number of thiophene rings is 1. The highest BCUT2D eigenvalue weighted by Gasteiger charge is 2.30. The topological polar surface area (TPSA) is 41.6 Å². The minimum atomic E-state index is -4.38. The molecule has 1 aliphatic heterocycles. The third kappa shape index (κ3) is 5.29. The Labute approximate surface area is 124 Å². The van der Waals surface area contributed by atoms with Gasteiger partial charge in [-0.3, -0.25) is 9.69 Å². The molecule has 1 aromatic rings. The molecule has 1 N–H and O–H groups in total. The third-order valence-corrected chi connectivity index (χ3v) is 3.81. The number of hydrogen-bond acceptors (Lipinski definition) is 4. The molecule has 2 heterocycles. The summed E-state index contributed by atoms with van der Waals surface area (Å²) in [6.45, 7) is 1.57. The normalized spacial score (nSPS) is 24.0. The molecule has 0 spiro atoms. The second kappa shape index (κ2) is 6.76. The molecule has 0 saturated carbocycles. The van der Waals surface area contributed by atoms with Crippen LogP contribution in [0.3, 0.4) is 0 Å². The summed E-state index contributed by atoms with van der Waals surface area (Å²) >= 11 is 1.56. The standard InChI is InChI=1S/C13H17F3N2O2S/c1-9-4-18(6-12(19)17-8-13(14,15)16)5-11(20-9)10-2-3-21-7-10/h2-3,7,9,11H,4-6,8H2,1H3,(H,17,19). The molecule has 1 saturated heterocycles. The fraction of sp³-hybridized carbons (Fsp3) is 0.615. The average molecular weight is 322 g/mol. The van der Waals surface area contributed by atoms with Crippen molar-refractivity contribution in [3.8, 4) is 0 Å². The second-order valence-corrected chi connectivity index (χ2v) is 5.86. The number of morpholine rings is 1. The number of alkyl halides is 3. The van der Waals surface area contributed by atoms with E-state index in [9.17, 15) is 18.0 Å². The highest BCUT2D eigenvalue weighted by Crippen LogP contribution is 2.26. The summed E-state index contributed by atoms with van der Waals surface area (Å²) < 4.78 is 42.0. The Kier molecular flexibility index (Phi) is 5.23. The minimum absolute atomic E-state index is 0.0512. The van der Waals surface area contributed by atoms with E-state index in [1.807, 2.05) is 34.0 Å². The number of hydrogen-bond donors (Lipinski definition) is 1. The van der Waals surface area contributed by atoms with Gasteiger partial charge in [-0.2, -0.15) is 24.5 Å². The fourth-order valence-electron chi connectivity index (χ4n) is 2.27. The molecule has 1 aliphatic rings. The number of carbonyl (C=O) groups excluding carboxylic acids is 1. The van der Waals surface area contributed by atoms with Gasteiger partial charge in [0.15, 0.2) is 0 Å². The molecule has 4 nitrogen and oxygen atoms in total. The molecule has 1 aromatic heterocycles. The Morgan fingerprint density at radius 1 is 1.52 bits per heavy atom. The van der Waals surface area contributed by atoms with E-state index in [1.165, 1.54) is 0 Å². The van der Waals surface area contributed by atoms with Gasteiger partial charge in [-0.25, -0.2) is 0 Å². The fourth-order valence-corrected chi connectivity index (χ4v) is 2.97. The van der Waals surface area contributed by atoms with Crippen LogP contribution in [0, 0.1) is 0 Å². The van der Waals surface area contributed by atoms with Crippen molar-refractivity contribution in [1.29, 1.82) is 0 Å². The maximum atomic E-state index is 12.1. The van der Waals surface area contributed by atoms with Crippen molar-refractivity contribution in [3.05, 3.63) is 22.4 Å². The van der Waals surface area contributed by atoms with Gasteiger partial charge in [0.25, 0.3) is 0 Å². The molecular formula is C13H17F3N2O2S. The molecule has 1 fully saturated rings. The second-order valence-electron chi connectivity index (χ2n) is 5.08. The Hall–Kier alpha value is -1.12. The number of halogens is 3. The summed E-state index contributed by atoms with van der Waals surface area (Å²) in [6, 6.07) is 1.95. The number of ether oxygens (including phenoxy) is 1. The van der Waals surface area contributed by atoms with Crippen molar-refractivity contribution < 1.29 is 22.7 Å². The maximum Gasteiger partial charge on any atom is 0.405 e. The number of nitrogens with zero attached hydrogens (tertiary/aromatic N) is 1. The van der Waals surface area contributed by atoms with Gasteiger partial charge in [-0.15, -0.1) is 0 Å². The van der Waals surface area contributed by atoms with Crippen molar-refractivity contribution in [2.24, 2.45) is 0 Å². The summed E-state index contributed by atoms with van der Waals surface area (Å²) in [5, 5.41) is 5.81. The minimum Gasteiger partial charge on any atom is -0.368 e. The zero-order valence-corrected chi connectivity index (χ0v) is 12.3.